The van der Waals surface area contributed by atoms with Crippen LogP contribution in [0.25, 0.3) is 0 Å². The van der Waals surface area contributed by atoms with E-state index >= 15 is 0 Å². The molecule has 0 saturated heterocycles. The first-order valence-corrected chi connectivity index (χ1v) is 7.26. The van der Waals surface area contributed by atoms with Crippen LogP contribution in [0.4, 0.5) is 0 Å². The van der Waals surface area contributed by atoms with Gasteiger partial charge in [-0.3, -0.25) is 4.90 Å². The average molecular weight is 246 g/mol. The van der Waals surface area contributed by atoms with Gasteiger partial charge >= 0.3 is 0 Å². The SMILES string of the molecule is CCN(Cc1ccc2c(c1)CCC2)CC(C)CN. The molecule has 0 fully saturated rings. The second-order valence-corrected chi connectivity index (χ2v) is 5.63. The molecule has 2 nitrogen and oxygen atoms in total. The first-order chi connectivity index (χ1) is 8.72. The summed E-state index contributed by atoms with van der Waals surface area (Å²) in [6.07, 6.45) is 3.88. The van der Waals surface area contributed by atoms with Crippen molar-refractivity contribution >= 4 is 0 Å². The second kappa shape index (κ2) is 6.35. The highest BCUT2D eigenvalue weighted by Gasteiger charge is 2.13. The van der Waals surface area contributed by atoms with Crippen molar-refractivity contribution in [1.29, 1.82) is 0 Å². The molecule has 0 aliphatic heterocycles. The van der Waals surface area contributed by atoms with E-state index in [9.17, 15) is 0 Å². The zero-order valence-corrected chi connectivity index (χ0v) is 11.8. The monoisotopic (exact) mass is 246 g/mol. The first kappa shape index (κ1) is 13.6. The molecule has 0 saturated carbocycles. The summed E-state index contributed by atoms with van der Waals surface area (Å²) < 4.78 is 0. The van der Waals surface area contributed by atoms with Crippen molar-refractivity contribution in [3.63, 3.8) is 0 Å². The van der Waals surface area contributed by atoms with Gasteiger partial charge < -0.3 is 5.73 Å². The summed E-state index contributed by atoms with van der Waals surface area (Å²) in [5, 5.41) is 0. The van der Waals surface area contributed by atoms with E-state index in [0.29, 0.717) is 5.92 Å². The summed E-state index contributed by atoms with van der Waals surface area (Å²) in [6, 6.07) is 7.05. The fourth-order valence-corrected chi connectivity index (χ4v) is 2.80. The van der Waals surface area contributed by atoms with Crippen LogP contribution in [0.5, 0.6) is 0 Å². The summed E-state index contributed by atoms with van der Waals surface area (Å²) in [5.74, 6) is 0.583. The highest BCUT2D eigenvalue weighted by molar-refractivity contribution is 5.35. The van der Waals surface area contributed by atoms with Crippen molar-refractivity contribution in [2.75, 3.05) is 19.6 Å². The third-order valence-corrected chi connectivity index (χ3v) is 3.99. The average Bonchev–Trinajstić information content (AvgIpc) is 2.85. The van der Waals surface area contributed by atoms with E-state index in [1.165, 1.54) is 24.8 Å². The van der Waals surface area contributed by atoms with Gasteiger partial charge in [-0.15, -0.1) is 0 Å². The van der Waals surface area contributed by atoms with E-state index in [0.717, 1.165) is 26.2 Å². The van der Waals surface area contributed by atoms with E-state index < -0.39 is 0 Å². The summed E-state index contributed by atoms with van der Waals surface area (Å²) in [5.41, 5.74) is 10.3. The Kier molecular flexibility index (Phi) is 4.79. The van der Waals surface area contributed by atoms with Gasteiger partial charge in [0.1, 0.15) is 0 Å². The van der Waals surface area contributed by atoms with Gasteiger partial charge in [0, 0.05) is 13.1 Å². The Morgan fingerprint density at radius 3 is 2.78 bits per heavy atom. The van der Waals surface area contributed by atoms with Crippen LogP contribution in [-0.2, 0) is 19.4 Å². The molecular weight excluding hydrogens is 220 g/mol. The Balaban J connectivity index is 1.98. The van der Waals surface area contributed by atoms with Crippen molar-refractivity contribution in [2.24, 2.45) is 11.7 Å². The standard InChI is InChI=1S/C16H26N2/c1-3-18(11-13(2)10-17)12-14-7-8-15-5-4-6-16(15)9-14/h7-9,13H,3-6,10-12,17H2,1-2H3. The van der Waals surface area contributed by atoms with Crippen LogP contribution >= 0.6 is 0 Å². The minimum atomic E-state index is 0.583. The highest BCUT2D eigenvalue weighted by Crippen LogP contribution is 2.23. The predicted octanol–water partition coefficient (Wildman–Crippen LogP) is 2.59. The van der Waals surface area contributed by atoms with Crippen molar-refractivity contribution in [3.8, 4) is 0 Å². The van der Waals surface area contributed by atoms with Gasteiger partial charge in [-0.1, -0.05) is 32.0 Å². The van der Waals surface area contributed by atoms with Gasteiger partial charge in [0.15, 0.2) is 0 Å². The maximum Gasteiger partial charge on any atom is 0.0233 e. The third kappa shape index (κ3) is 3.33. The molecule has 0 aromatic heterocycles. The van der Waals surface area contributed by atoms with E-state index in [-0.39, 0.29) is 0 Å². The number of fused-ring (bicyclic) bond motifs is 1. The molecule has 1 unspecified atom stereocenters. The van der Waals surface area contributed by atoms with E-state index in [2.05, 4.69) is 36.9 Å². The quantitative estimate of drug-likeness (QED) is 0.836. The number of hydrogen-bond donors (Lipinski definition) is 1. The third-order valence-electron chi connectivity index (χ3n) is 3.99. The van der Waals surface area contributed by atoms with Crippen molar-refractivity contribution < 1.29 is 0 Å². The molecule has 0 radical (unpaired) electrons. The van der Waals surface area contributed by atoms with E-state index in [1.807, 2.05) is 0 Å². The lowest BCUT2D eigenvalue weighted by molar-refractivity contribution is 0.243. The van der Waals surface area contributed by atoms with Gasteiger partial charge in [0.05, 0.1) is 0 Å². The number of aryl methyl sites for hydroxylation is 2. The van der Waals surface area contributed by atoms with Crippen LogP contribution in [0, 0.1) is 5.92 Å². The zero-order valence-electron chi connectivity index (χ0n) is 11.8. The molecule has 2 heteroatoms. The normalized spacial score (nSPS) is 16.0. The molecule has 0 amide bonds. The predicted molar refractivity (Wildman–Crippen MR) is 77.6 cm³/mol. The van der Waals surface area contributed by atoms with Crippen LogP contribution in [0.2, 0.25) is 0 Å². The molecule has 1 aliphatic carbocycles. The summed E-state index contributed by atoms with van der Waals surface area (Å²) in [4.78, 5) is 2.49. The largest absolute Gasteiger partial charge is 0.330 e. The zero-order chi connectivity index (χ0) is 13.0. The van der Waals surface area contributed by atoms with E-state index in [1.54, 1.807) is 11.1 Å². The lowest BCUT2D eigenvalue weighted by atomic mass is 10.1. The van der Waals surface area contributed by atoms with Crippen molar-refractivity contribution in [1.82, 2.24) is 4.90 Å². The number of rotatable bonds is 6. The van der Waals surface area contributed by atoms with Gasteiger partial charge in [-0.2, -0.15) is 0 Å². The Bertz CT molecular complexity index is 387. The topological polar surface area (TPSA) is 29.3 Å². The molecule has 2 N–H and O–H groups in total. The van der Waals surface area contributed by atoms with Crippen LogP contribution in [-0.4, -0.2) is 24.5 Å². The van der Waals surface area contributed by atoms with Gasteiger partial charge in [-0.25, -0.2) is 0 Å². The minimum absolute atomic E-state index is 0.583. The lowest BCUT2D eigenvalue weighted by Crippen LogP contribution is -2.31. The first-order valence-electron chi connectivity index (χ1n) is 7.26. The lowest BCUT2D eigenvalue weighted by Gasteiger charge is -2.24. The molecule has 2 rings (SSSR count). The van der Waals surface area contributed by atoms with Gasteiger partial charge in [-0.05, 0) is 55.0 Å². The molecule has 18 heavy (non-hydrogen) atoms. The molecule has 0 spiro atoms. The van der Waals surface area contributed by atoms with Gasteiger partial charge in [0.2, 0.25) is 0 Å². The van der Waals surface area contributed by atoms with Crippen LogP contribution < -0.4 is 5.73 Å². The maximum absolute atomic E-state index is 5.72. The fraction of sp³-hybridized carbons (Fsp3) is 0.625. The Labute approximate surface area is 111 Å². The molecule has 1 atom stereocenters. The molecule has 1 aromatic carbocycles. The van der Waals surface area contributed by atoms with Crippen molar-refractivity contribution in [2.45, 2.75) is 39.7 Å². The highest BCUT2D eigenvalue weighted by atomic mass is 15.1. The number of hydrogen-bond acceptors (Lipinski definition) is 2. The van der Waals surface area contributed by atoms with Crippen molar-refractivity contribution in [3.05, 3.63) is 34.9 Å². The van der Waals surface area contributed by atoms with Crippen LogP contribution in [0.1, 0.15) is 37.0 Å². The maximum atomic E-state index is 5.72. The van der Waals surface area contributed by atoms with Gasteiger partial charge in [0.25, 0.3) is 0 Å². The Morgan fingerprint density at radius 1 is 1.28 bits per heavy atom. The number of nitrogens with two attached hydrogens (primary N) is 1. The molecule has 0 bridgehead atoms. The summed E-state index contributed by atoms with van der Waals surface area (Å²) >= 11 is 0. The minimum Gasteiger partial charge on any atom is -0.330 e. The molecule has 0 heterocycles. The summed E-state index contributed by atoms with van der Waals surface area (Å²) in [7, 11) is 0. The Morgan fingerprint density at radius 2 is 2.06 bits per heavy atom. The number of nitrogens with zero attached hydrogens (tertiary/aromatic N) is 1. The van der Waals surface area contributed by atoms with Crippen LogP contribution in [0.3, 0.4) is 0 Å². The molecular formula is C16H26N2. The smallest absolute Gasteiger partial charge is 0.0233 e. The fourth-order valence-electron chi connectivity index (χ4n) is 2.80. The molecule has 1 aromatic rings. The molecule has 100 valence electrons. The Hall–Kier alpha value is -0.860. The van der Waals surface area contributed by atoms with Crippen LogP contribution in [0.15, 0.2) is 18.2 Å². The summed E-state index contributed by atoms with van der Waals surface area (Å²) in [6.45, 7) is 8.50. The molecule has 1 aliphatic rings. The van der Waals surface area contributed by atoms with E-state index in [4.69, 9.17) is 5.73 Å². The number of benzene rings is 1. The second-order valence-electron chi connectivity index (χ2n) is 5.63.